The van der Waals surface area contributed by atoms with Crippen LogP contribution in [0.3, 0.4) is 0 Å². The van der Waals surface area contributed by atoms with Crippen LogP contribution in [0.4, 0.5) is 5.82 Å². The summed E-state index contributed by atoms with van der Waals surface area (Å²) in [5.41, 5.74) is 2.32. The topological polar surface area (TPSA) is 88.8 Å². The van der Waals surface area contributed by atoms with Gasteiger partial charge < -0.3 is 14.5 Å². The van der Waals surface area contributed by atoms with Gasteiger partial charge in [0, 0.05) is 38.3 Å². The Hall–Kier alpha value is -3.07. The third kappa shape index (κ3) is 3.42. The fourth-order valence-corrected chi connectivity index (χ4v) is 4.00. The fraction of sp³-hybridized carbons (Fsp3) is 0.450. The van der Waals surface area contributed by atoms with Crippen molar-refractivity contribution in [2.24, 2.45) is 0 Å². The average molecular weight is 393 g/mol. The Bertz CT molecular complexity index is 1030. The van der Waals surface area contributed by atoms with E-state index < -0.39 is 0 Å². The quantitative estimate of drug-likeness (QED) is 0.662. The molecule has 2 saturated heterocycles. The first-order chi connectivity index (χ1) is 14.2. The number of morpholine rings is 1. The second-order valence-electron chi connectivity index (χ2n) is 7.57. The molecule has 0 spiro atoms. The lowest BCUT2D eigenvalue weighted by atomic mass is 10.1. The zero-order valence-corrected chi connectivity index (χ0v) is 16.4. The van der Waals surface area contributed by atoms with E-state index >= 15 is 0 Å². The molecule has 0 bridgehead atoms. The molecule has 0 saturated carbocycles. The van der Waals surface area contributed by atoms with Gasteiger partial charge in [-0.05, 0) is 37.6 Å². The first-order valence-corrected chi connectivity index (χ1v) is 9.96. The number of aromatic nitrogens is 5. The number of rotatable bonds is 3. The standard InChI is InChI=1S/C20H23N7O2/c1-14-2-4-17(22-21-14)26-7-6-15(12-26)19-24-23-18-5-3-16(13-27(18)19)20(28)25-8-10-29-11-9-25/h2-5,13,15H,6-12H2,1H3/t15-/m1/s1. The summed E-state index contributed by atoms with van der Waals surface area (Å²) in [5.74, 6) is 2.02. The normalized spacial score (nSPS) is 19.8. The summed E-state index contributed by atoms with van der Waals surface area (Å²) in [6, 6.07) is 7.67. The van der Waals surface area contributed by atoms with E-state index in [1.165, 1.54) is 0 Å². The maximum atomic E-state index is 12.9. The van der Waals surface area contributed by atoms with Gasteiger partial charge in [-0.1, -0.05) is 0 Å². The van der Waals surface area contributed by atoms with Gasteiger partial charge in [0.05, 0.1) is 24.5 Å². The fourth-order valence-electron chi connectivity index (χ4n) is 4.00. The summed E-state index contributed by atoms with van der Waals surface area (Å²) in [4.78, 5) is 16.9. The zero-order chi connectivity index (χ0) is 19.8. The molecular formula is C20H23N7O2. The van der Waals surface area contributed by atoms with E-state index in [1.807, 2.05) is 46.7 Å². The Morgan fingerprint density at radius 3 is 2.69 bits per heavy atom. The predicted molar refractivity (Wildman–Crippen MR) is 106 cm³/mol. The van der Waals surface area contributed by atoms with Crippen LogP contribution in [0.25, 0.3) is 5.65 Å². The Kier molecular flexibility index (Phi) is 4.59. The van der Waals surface area contributed by atoms with Gasteiger partial charge in [0.1, 0.15) is 5.82 Å². The zero-order valence-electron chi connectivity index (χ0n) is 16.4. The van der Waals surface area contributed by atoms with Crippen molar-refractivity contribution in [1.29, 1.82) is 0 Å². The first-order valence-electron chi connectivity index (χ1n) is 9.96. The van der Waals surface area contributed by atoms with Gasteiger partial charge in [0.2, 0.25) is 0 Å². The van der Waals surface area contributed by atoms with Crippen LogP contribution < -0.4 is 4.90 Å². The molecule has 3 aromatic heterocycles. The molecule has 3 aromatic rings. The summed E-state index contributed by atoms with van der Waals surface area (Å²) in [7, 11) is 0. The van der Waals surface area contributed by atoms with Crippen molar-refractivity contribution in [3.05, 3.63) is 47.5 Å². The van der Waals surface area contributed by atoms with Gasteiger partial charge in [0.25, 0.3) is 5.91 Å². The highest BCUT2D eigenvalue weighted by Crippen LogP contribution is 2.29. The number of carbonyl (C=O) groups is 1. The Morgan fingerprint density at radius 2 is 1.90 bits per heavy atom. The van der Waals surface area contributed by atoms with Gasteiger partial charge in [-0.25, -0.2) is 0 Å². The number of hydrogen-bond donors (Lipinski definition) is 0. The smallest absolute Gasteiger partial charge is 0.255 e. The maximum Gasteiger partial charge on any atom is 0.255 e. The lowest BCUT2D eigenvalue weighted by Gasteiger charge is -2.26. The van der Waals surface area contributed by atoms with Crippen molar-refractivity contribution in [3.63, 3.8) is 0 Å². The lowest BCUT2D eigenvalue weighted by Crippen LogP contribution is -2.40. The minimum Gasteiger partial charge on any atom is -0.378 e. The molecule has 29 heavy (non-hydrogen) atoms. The van der Waals surface area contributed by atoms with Gasteiger partial charge in [-0.3, -0.25) is 9.20 Å². The highest BCUT2D eigenvalue weighted by Gasteiger charge is 2.29. The molecule has 5 heterocycles. The number of aryl methyl sites for hydroxylation is 1. The number of amides is 1. The van der Waals surface area contributed by atoms with Gasteiger partial charge >= 0.3 is 0 Å². The minimum atomic E-state index is 0.0258. The highest BCUT2D eigenvalue weighted by molar-refractivity contribution is 5.94. The molecule has 0 aliphatic carbocycles. The van der Waals surface area contributed by atoms with Crippen LogP contribution in [0.2, 0.25) is 0 Å². The number of ether oxygens (including phenoxy) is 1. The van der Waals surface area contributed by atoms with E-state index in [9.17, 15) is 4.79 Å². The first kappa shape index (κ1) is 18.0. The van der Waals surface area contributed by atoms with Crippen molar-refractivity contribution in [2.45, 2.75) is 19.3 Å². The number of fused-ring (bicyclic) bond motifs is 1. The van der Waals surface area contributed by atoms with Gasteiger partial charge in [0.15, 0.2) is 11.5 Å². The number of anilines is 1. The highest BCUT2D eigenvalue weighted by atomic mass is 16.5. The summed E-state index contributed by atoms with van der Waals surface area (Å²) in [5, 5.41) is 17.2. The van der Waals surface area contributed by atoms with Crippen LogP contribution in [-0.4, -0.2) is 75.0 Å². The van der Waals surface area contributed by atoms with Crippen molar-refractivity contribution >= 4 is 17.4 Å². The Morgan fingerprint density at radius 1 is 1.03 bits per heavy atom. The second-order valence-corrected chi connectivity index (χ2v) is 7.57. The second kappa shape index (κ2) is 7.40. The molecule has 0 N–H and O–H groups in total. The average Bonchev–Trinajstić information content (AvgIpc) is 3.41. The van der Waals surface area contributed by atoms with Crippen LogP contribution in [0.5, 0.6) is 0 Å². The van der Waals surface area contributed by atoms with Crippen molar-refractivity contribution in [3.8, 4) is 0 Å². The molecule has 9 heteroatoms. The SMILES string of the molecule is Cc1ccc(N2CC[C@@H](c3nnc4ccc(C(=O)N5CCOCC5)cn34)C2)nn1. The molecule has 2 aliphatic rings. The predicted octanol–water partition coefficient (Wildman–Crippen LogP) is 1.29. The molecule has 2 fully saturated rings. The van der Waals surface area contributed by atoms with E-state index in [0.29, 0.717) is 31.9 Å². The van der Waals surface area contributed by atoms with Crippen molar-refractivity contribution in [2.75, 3.05) is 44.3 Å². The molecule has 0 radical (unpaired) electrons. The van der Waals surface area contributed by atoms with E-state index in [0.717, 1.165) is 42.5 Å². The van der Waals surface area contributed by atoms with Crippen molar-refractivity contribution in [1.82, 2.24) is 29.7 Å². The lowest BCUT2D eigenvalue weighted by molar-refractivity contribution is 0.0302. The van der Waals surface area contributed by atoms with Crippen LogP contribution in [-0.2, 0) is 4.74 Å². The Labute approximate surface area is 168 Å². The summed E-state index contributed by atoms with van der Waals surface area (Å²) in [6.45, 7) is 6.06. The molecule has 5 rings (SSSR count). The molecule has 0 aromatic carbocycles. The van der Waals surface area contributed by atoms with Crippen LogP contribution >= 0.6 is 0 Å². The molecule has 9 nitrogen and oxygen atoms in total. The van der Waals surface area contributed by atoms with E-state index in [-0.39, 0.29) is 11.8 Å². The third-order valence-electron chi connectivity index (χ3n) is 5.64. The number of carbonyl (C=O) groups excluding carboxylic acids is 1. The number of nitrogens with zero attached hydrogens (tertiary/aromatic N) is 7. The largest absolute Gasteiger partial charge is 0.378 e. The summed E-state index contributed by atoms with van der Waals surface area (Å²) < 4.78 is 7.31. The minimum absolute atomic E-state index is 0.0258. The van der Waals surface area contributed by atoms with Crippen molar-refractivity contribution < 1.29 is 9.53 Å². The van der Waals surface area contributed by atoms with Crippen LogP contribution in [0, 0.1) is 6.92 Å². The monoisotopic (exact) mass is 393 g/mol. The third-order valence-corrected chi connectivity index (χ3v) is 5.64. The molecular weight excluding hydrogens is 370 g/mol. The summed E-state index contributed by atoms with van der Waals surface area (Å²) >= 11 is 0. The van der Waals surface area contributed by atoms with Crippen LogP contribution in [0.15, 0.2) is 30.5 Å². The molecule has 150 valence electrons. The summed E-state index contributed by atoms with van der Waals surface area (Å²) in [6.07, 6.45) is 2.83. The molecule has 1 atom stereocenters. The van der Waals surface area contributed by atoms with Gasteiger partial charge in [-0.15, -0.1) is 15.3 Å². The maximum absolute atomic E-state index is 12.9. The molecule has 0 unspecified atom stereocenters. The number of pyridine rings is 1. The molecule has 1 amide bonds. The Balaban J connectivity index is 1.39. The van der Waals surface area contributed by atoms with E-state index in [4.69, 9.17) is 4.74 Å². The molecule has 2 aliphatic heterocycles. The van der Waals surface area contributed by atoms with Gasteiger partial charge in [-0.2, -0.15) is 5.10 Å². The number of hydrogen-bond acceptors (Lipinski definition) is 7. The van der Waals surface area contributed by atoms with Crippen LogP contribution in [0.1, 0.15) is 34.2 Å². The van der Waals surface area contributed by atoms with E-state index in [2.05, 4.69) is 25.3 Å². The van der Waals surface area contributed by atoms with E-state index in [1.54, 1.807) is 0 Å².